The Balaban J connectivity index is 2.26. The second kappa shape index (κ2) is 5.29. The monoisotopic (exact) mass is 346 g/mol. The second-order valence-corrected chi connectivity index (χ2v) is 5.44. The van der Waals surface area contributed by atoms with E-state index in [0.717, 1.165) is 39.7 Å². The maximum Gasteiger partial charge on any atom is 0.0876 e. The first-order valence-electron chi connectivity index (χ1n) is 5.05. The summed E-state index contributed by atoms with van der Waals surface area (Å²) in [6.07, 6.45) is 5.52. The van der Waals surface area contributed by atoms with E-state index in [1.54, 1.807) is 12.5 Å². The Bertz CT molecular complexity index is 420. The molecule has 1 aliphatic heterocycles. The minimum Gasteiger partial charge on any atom is -0.501 e. The van der Waals surface area contributed by atoms with Gasteiger partial charge in [0.15, 0.2) is 0 Å². The normalized spacial score (nSPS) is 17.6. The summed E-state index contributed by atoms with van der Waals surface area (Å²) >= 11 is 6.84. The highest BCUT2D eigenvalue weighted by atomic mass is 79.9. The van der Waals surface area contributed by atoms with Crippen LogP contribution in [0.1, 0.15) is 24.6 Å². The second-order valence-electron chi connectivity index (χ2n) is 3.67. The molecule has 2 heterocycles. The van der Waals surface area contributed by atoms with Crippen molar-refractivity contribution in [2.45, 2.75) is 18.9 Å². The van der Waals surface area contributed by atoms with Gasteiger partial charge in [0, 0.05) is 15.1 Å². The molecule has 1 aromatic heterocycles. The van der Waals surface area contributed by atoms with Gasteiger partial charge >= 0.3 is 0 Å². The molecule has 1 aromatic rings. The van der Waals surface area contributed by atoms with Crippen LogP contribution in [-0.4, -0.2) is 11.6 Å². The molecule has 0 saturated carbocycles. The molecule has 0 spiro atoms. The Hall–Kier alpha value is -0.390. The predicted molar refractivity (Wildman–Crippen MR) is 69.8 cm³/mol. The van der Waals surface area contributed by atoms with Crippen molar-refractivity contribution in [3.8, 4) is 0 Å². The van der Waals surface area contributed by atoms with Crippen LogP contribution in [0.2, 0.25) is 0 Å². The van der Waals surface area contributed by atoms with Gasteiger partial charge in [-0.1, -0.05) is 0 Å². The van der Waals surface area contributed by atoms with E-state index >= 15 is 0 Å². The Morgan fingerprint density at radius 1 is 1.44 bits per heavy atom. The van der Waals surface area contributed by atoms with Crippen LogP contribution in [0.25, 0.3) is 0 Å². The summed E-state index contributed by atoms with van der Waals surface area (Å²) in [7, 11) is 0. The lowest BCUT2D eigenvalue weighted by molar-refractivity contribution is 0.221. The summed E-state index contributed by atoms with van der Waals surface area (Å²) < 4.78 is 7.15. The smallest absolute Gasteiger partial charge is 0.0876 e. The lowest BCUT2D eigenvalue weighted by Crippen LogP contribution is -2.18. The van der Waals surface area contributed by atoms with E-state index in [1.807, 2.05) is 6.07 Å². The summed E-state index contributed by atoms with van der Waals surface area (Å²) in [6, 6.07) is 1.76. The zero-order valence-electron chi connectivity index (χ0n) is 8.62. The lowest BCUT2D eigenvalue weighted by atomic mass is 10.00. The molecule has 0 amide bonds. The maximum atomic E-state index is 6.16. The van der Waals surface area contributed by atoms with Gasteiger partial charge in [-0.15, -0.1) is 0 Å². The minimum absolute atomic E-state index is 0.192. The SMILES string of the molecule is NC(C1=COCCC1)c1ncc(Br)cc1Br. The van der Waals surface area contributed by atoms with E-state index in [2.05, 4.69) is 36.8 Å². The number of aromatic nitrogens is 1. The summed E-state index contributed by atoms with van der Waals surface area (Å²) in [5.74, 6) is 0. The van der Waals surface area contributed by atoms with Gasteiger partial charge in [-0.2, -0.15) is 0 Å². The molecule has 1 unspecified atom stereocenters. The van der Waals surface area contributed by atoms with Gasteiger partial charge in [0.1, 0.15) is 0 Å². The largest absolute Gasteiger partial charge is 0.501 e. The third-order valence-electron chi connectivity index (χ3n) is 2.49. The Morgan fingerprint density at radius 2 is 2.25 bits per heavy atom. The fraction of sp³-hybridized carbons (Fsp3) is 0.364. The van der Waals surface area contributed by atoms with Gasteiger partial charge in [-0.05, 0) is 56.3 Å². The highest BCUT2D eigenvalue weighted by Gasteiger charge is 2.18. The van der Waals surface area contributed by atoms with Crippen molar-refractivity contribution in [3.05, 3.63) is 38.7 Å². The molecule has 5 heteroatoms. The topological polar surface area (TPSA) is 48.1 Å². The number of hydrogen-bond donors (Lipinski definition) is 1. The van der Waals surface area contributed by atoms with Gasteiger partial charge in [0.2, 0.25) is 0 Å². The summed E-state index contributed by atoms with van der Waals surface area (Å²) in [5, 5.41) is 0. The van der Waals surface area contributed by atoms with E-state index < -0.39 is 0 Å². The number of pyridine rings is 1. The van der Waals surface area contributed by atoms with Crippen molar-refractivity contribution in [3.63, 3.8) is 0 Å². The van der Waals surface area contributed by atoms with Gasteiger partial charge in [0.05, 0.1) is 24.6 Å². The molecule has 0 aromatic carbocycles. The summed E-state index contributed by atoms with van der Waals surface area (Å²) in [5.41, 5.74) is 8.11. The predicted octanol–water partition coefficient (Wildman–Crippen LogP) is 3.30. The molecule has 1 aliphatic rings. The van der Waals surface area contributed by atoms with Crippen LogP contribution in [0, 0.1) is 0 Å². The number of rotatable bonds is 2. The van der Waals surface area contributed by atoms with Crippen LogP contribution in [0.4, 0.5) is 0 Å². The van der Waals surface area contributed by atoms with E-state index in [9.17, 15) is 0 Å². The molecule has 0 fully saturated rings. The molecule has 0 aliphatic carbocycles. The molecule has 1 atom stereocenters. The van der Waals surface area contributed by atoms with Crippen molar-refractivity contribution in [1.29, 1.82) is 0 Å². The Kier molecular flexibility index (Phi) is 4.00. The van der Waals surface area contributed by atoms with Gasteiger partial charge in [-0.25, -0.2) is 0 Å². The average molecular weight is 348 g/mol. The maximum absolute atomic E-state index is 6.16. The van der Waals surface area contributed by atoms with Gasteiger partial charge in [0.25, 0.3) is 0 Å². The van der Waals surface area contributed by atoms with Crippen LogP contribution in [-0.2, 0) is 4.74 Å². The standard InChI is InChI=1S/C11H12Br2N2O/c12-8-4-9(13)11(15-5-8)10(14)7-2-1-3-16-6-7/h4-6,10H,1-3,14H2. The Morgan fingerprint density at radius 3 is 2.88 bits per heavy atom. The molecule has 16 heavy (non-hydrogen) atoms. The van der Waals surface area contributed by atoms with Crippen molar-refractivity contribution in [1.82, 2.24) is 4.98 Å². The van der Waals surface area contributed by atoms with E-state index in [-0.39, 0.29) is 6.04 Å². The fourth-order valence-corrected chi connectivity index (χ4v) is 2.88. The first-order valence-corrected chi connectivity index (χ1v) is 6.64. The quantitative estimate of drug-likeness (QED) is 0.892. The first kappa shape index (κ1) is 12.1. The molecular weight excluding hydrogens is 336 g/mol. The van der Waals surface area contributed by atoms with E-state index in [1.165, 1.54) is 0 Å². The summed E-state index contributed by atoms with van der Waals surface area (Å²) in [6.45, 7) is 0.783. The third kappa shape index (κ3) is 2.64. The average Bonchev–Trinajstić information content (AvgIpc) is 2.29. The molecule has 0 saturated heterocycles. The number of ether oxygens (including phenoxy) is 1. The zero-order chi connectivity index (χ0) is 11.5. The highest BCUT2D eigenvalue weighted by Crippen LogP contribution is 2.30. The van der Waals surface area contributed by atoms with Crippen molar-refractivity contribution >= 4 is 31.9 Å². The fourth-order valence-electron chi connectivity index (χ4n) is 1.64. The van der Waals surface area contributed by atoms with Crippen LogP contribution >= 0.6 is 31.9 Å². The molecular formula is C11H12Br2N2O. The van der Waals surface area contributed by atoms with E-state index in [0.29, 0.717) is 0 Å². The minimum atomic E-state index is -0.192. The van der Waals surface area contributed by atoms with Crippen LogP contribution in [0.5, 0.6) is 0 Å². The summed E-state index contributed by atoms with van der Waals surface area (Å²) in [4.78, 5) is 4.34. The molecule has 2 N–H and O–H groups in total. The molecule has 2 rings (SSSR count). The van der Waals surface area contributed by atoms with Crippen molar-refractivity contribution < 1.29 is 4.74 Å². The number of hydrogen-bond acceptors (Lipinski definition) is 3. The highest BCUT2D eigenvalue weighted by molar-refractivity contribution is 9.11. The van der Waals surface area contributed by atoms with Gasteiger partial charge in [-0.3, -0.25) is 4.98 Å². The van der Waals surface area contributed by atoms with Crippen LogP contribution in [0.15, 0.2) is 33.0 Å². The van der Waals surface area contributed by atoms with E-state index in [4.69, 9.17) is 10.5 Å². The zero-order valence-corrected chi connectivity index (χ0v) is 11.8. The molecule has 0 bridgehead atoms. The number of nitrogens with two attached hydrogens (primary N) is 1. The first-order chi connectivity index (χ1) is 7.68. The number of halogens is 2. The van der Waals surface area contributed by atoms with Crippen molar-refractivity contribution in [2.75, 3.05) is 6.61 Å². The molecule has 3 nitrogen and oxygen atoms in total. The third-order valence-corrected chi connectivity index (χ3v) is 3.56. The number of nitrogens with zero attached hydrogens (tertiary/aromatic N) is 1. The van der Waals surface area contributed by atoms with Crippen LogP contribution in [0.3, 0.4) is 0 Å². The molecule has 0 radical (unpaired) electrons. The lowest BCUT2D eigenvalue weighted by Gasteiger charge is -2.20. The van der Waals surface area contributed by atoms with Crippen LogP contribution < -0.4 is 5.73 Å². The Labute approximate surface area is 111 Å². The molecule has 86 valence electrons. The van der Waals surface area contributed by atoms with Gasteiger partial charge < -0.3 is 10.5 Å². The van der Waals surface area contributed by atoms with Crippen molar-refractivity contribution in [2.24, 2.45) is 5.73 Å².